The van der Waals surface area contributed by atoms with E-state index in [-0.39, 0.29) is 46.1 Å². The Balaban J connectivity index is 1.32. The first-order chi connectivity index (χ1) is 21.8. The van der Waals surface area contributed by atoms with Gasteiger partial charge in [-0.15, -0.1) is 6.42 Å². The van der Waals surface area contributed by atoms with Crippen LogP contribution < -0.4 is 4.74 Å². The lowest BCUT2D eigenvalue weighted by molar-refractivity contribution is 0.0821. The molecule has 5 aromatic rings. The van der Waals surface area contributed by atoms with Gasteiger partial charge in [-0.05, 0) is 43.0 Å². The van der Waals surface area contributed by atoms with Gasteiger partial charge in [-0.25, -0.2) is 18.2 Å². The van der Waals surface area contributed by atoms with Crippen molar-refractivity contribution in [3.8, 4) is 46.7 Å². The van der Waals surface area contributed by atoms with Crippen LogP contribution in [0.5, 0.6) is 11.8 Å². The van der Waals surface area contributed by atoms with Crippen molar-refractivity contribution in [2.24, 2.45) is 0 Å². The van der Waals surface area contributed by atoms with Crippen molar-refractivity contribution in [2.75, 3.05) is 26.3 Å². The third-order valence-corrected chi connectivity index (χ3v) is 9.22. The van der Waals surface area contributed by atoms with Gasteiger partial charge in [0.2, 0.25) is 0 Å². The maximum atomic E-state index is 16.8. The first-order valence-corrected chi connectivity index (χ1v) is 14.8. The molecule has 228 valence electrons. The van der Waals surface area contributed by atoms with Crippen LogP contribution in [0, 0.1) is 24.0 Å². The zero-order valence-electron chi connectivity index (χ0n) is 24.1. The number of phenolic OH excluding ortho intramolecular Hbond substituents is 1. The number of aromatic hydroxyl groups is 1. The SMILES string of the molecule is C#Cc1c(F)ccc2cc(O)cc(-c3ncc4c(-c5cnc6n5CCOC6)nc(OC[C@@]56CCCN5C[C@H](F)C6)nc4c3F)c12. The number of phenols is 1. The fourth-order valence-corrected chi connectivity index (χ4v) is 7.17. The molecule has 2 saturated heterocycles. The summed E-state index contributed by atoms with van der Waals surface area (Å²) in [7, 11) is 0. The Morgan fingerprint density at radius 3 is 2.89 bits per heavy atom. The van der Waals surface area contributed by atoms with E-state index in [0.717, 1.165) is 19.4 Å². The first-order valence-electron chi connectivity index (χ1n) is 14.8. The summed E-state index contributed by atoms with van der Waals surface area (Å²) in [6.45, 7) is 2.62. The van der Waals surface area contributed by atoms with Crippen LogP contribution in [0.25, 0.3) is 44.3 Å². The van der Waals surface area contributed by atoms with Crippen molar-refractivity contribution in [1.29, 1.82) is 0 Å². The molecule has 0 unspecified atom stereocenters. The van der Waals surface area contributed by atoms with Gasteiger partial charge in [-0.2, -0.15) is 9.97 Å². The maximum Gasteiger partial charge on any atom is 0.317 e. The van der Waals surface area contributed by atoms with Gasteiger partial charge < -0.3 is 19.1 Å². The molecular weight excluding hydrogens is 585 g/mol. The second-order valence-corrected chi connectivity index (χ2v) is 11.8. The summed E-state index contributed by atoms with van der Waals surface area (Å²) in [5, 5.41) is 11.5. The number of pyridine rings is 1. The van der Waals surface area contributed by atoms with E-state index in [9.17, 15) is 13.9 Å². The zero-order chi connectivity index (χ0) is 30.9. The highest BCUT2D eigenvalue weighted by Crippen LogP contribution is 2.42. The second kappa shape index (κ2) is 10.4. The molecule has 0 bridgehead atoms. The number of imidazole rings is 1. The van der Waals surface area contributed by atoms with Gasteiger partial charge in [0, 0.05) is 42.0 Å². The maximum absolute atomic E-state index is 16.8. The number of fused-ring (bicyclic) bond motifs is 4. The summed E-state index contributed by atoms with van der Waals surface area (Å²) in [6, 6.07) is 5.31. The minimum absolute atomic E-state index is 0.0733. The van der Waals surface area contributed by atoms with Gasteiger partial charge in [0.05, 0.1) is 29.6 Å². The number of aromatic nitrogens is 5. The largest absolute Gasteiger partial charge is 0.508 e. The zero-order valence-corrected chi connectivity index (χ0v) is 24.1. The lowest BCUT2D eigenvalue weighted by Gasteiger charge is -2.30. The minimum Gasteiger partial charge on any atom is -0.508 e. The third-order valence-electron chi connectivity index (χ3n) is 9.22. The number of halogens is 3. The molecule has 3 aromatic heterocycles. The number of nitrogens with zero attached hydrogens (tertiary/aromatic N) is 6. The molecule has 3 aliphatic rings. The van der Waals surface area contributed by atoms with Crippen molar-refractivity contribution in [3.63, 3.8) is 0 Å². The third kappa shape index (κ3) is 4.41. The minimum atomic E-state index is -0.941. The Kier molecular flexibility index (Phi) is 6.44. The van der Waals surface area contributed by atoms with Crippen molar-refractivity contribution >= 4 is 21.7 Å². The quantitative estimate of drug-likeness (QED) is 0.272. The number of terminal acetylenes is 1. The molecule has 6 heterocycles. The normalized spacial score (nSPS) is 21.2. The fraction of sp³-hybridized carbons (Fsp3) is 0.333. The Morgan fingerprint density at radius 2 is 2.02 bits per heavy atom. The van der Waals surface area contributed by atoms with Crippen molar-refractivity contribution in [2.45, 2.75) is 44.1 Å². The van der Waals surface area contributed by atoms with E-state index in [4.69, 9.17) is 20.9 Å². The Hall–Kier alpha value is -4.73. The summed E-state index contributed by atoms with van der Waals surface area (Å²) < 4.78 is 59.7. The highest BCUT2D eigenvalue weighted by atomic mass is 19.1. The summed E-state index contributed by atoms with van der Waals surface area (Å²) in [5.41, 5.74) is 0.272. The van der Waals surface area contributed by atoms with Crippen LogP contribution in [0.3, 0.4) is 0 Å². The molecule has 0 spiro atoms. The van der Waals surface area contributed by atoms with E-state index in [1.807, 2.05) is 4.57 Å². The van der Waals surface area contributed by atoms with Crippen molar-refractivity contribution in [1.82, 2.24) is 29.4 Å². The first kappa shape index (κ1) is 27.8. The smallest absolute Gasteiger partial charge is 0.317 e. The topological polar surface area (TPSA) is 98.4 Å². The molecule has 45 heavy (non-hydrogen) atoms. The number of alkyl halides is 1. The predicted octanol–water partition coefficient (Wildman–Crippen LogP) is 5.16. The number of rotatable bonds is 5. The van der Waals surface area contributed by atoms with E-state index in [0.29, 0.717) is 60.7 Å². The molecule has 0 amide bonds. The van der Waals surface area contributed by atoms with Crippen LogP contribution in [0.1, 0.15) is 30.7 Å². The molecule has 0 aliphatic carbocycles. The van der Waals surface area contributed by atoms with Gasteiger partial charge in [-0.3, -0.25) is 9.88 Å². The highest BCUT2D eigenvalue weighted by molar-refractivity contribution is 6.03. The summed E-state index contributed by atoms with van der Waals surface area (Å²) >= 11 is 0. The van der Waals surface area contributed by atoms with Crippen molar-refractivity contribution < 1.29 is 27.8 Å². The molecule has 2 atom stereocenters. The number of benzene rings is 2. The molecule has 12 heteroatoms. The van der Waals surface area contributed by atoms with Gasteiger partial charge in [-0.1, -0.05) is 12.0 Å². The molecular formula is C33H27F3N6O3. The molecule has 0 radical (unpaired) electrons. The predicted molar refractivity (Wildman–Crippen MR) is 159 cm³/mol. The van der Waals surface area contributed by atoms with Gasteiger partial charge in [0.1, 0.15) is 53.7 Å². The van der Waals surface area contributed by atoms with Crippen LogP contribution in [0.15, 0.2) is 36.7 Å². The summed E-state index contributed by atoms with van der Waals surface area (Å²) in [6.07, 6.45) is 9.88. The molecule has 3 aliphatic heterocycles. The summed E-state index contributed by atoms with van der Waals surface area (Å²) in [4.78, 5) is 20.3. The molecule has 2 aromatic carbocycles. The molecule has 9 nitrogen and oxygen atoms in total. The second-order valence-electron chi connectivity index (χ2n) is 11.8. The number of ether oxygens (including phenoxy) is 2. The Labute approximate surface area is 255 Å². The van der Waals surface area contributed by atoms with Crippen molar-refractivity contribution in [3.05, 3.63) is 59.7 Å². The van der Waals surface area contributed by atoms with E-state index >= 15 is 4.39 Å². The number of hydrogen-bond donors (Lipinski definition) is 1. The highest BCUT2D eigenvalue weighted by Gasteiger charge is 2.49. The standard InChI is InChI=1S/C33H27F3N6O3/c1-2-21-24(35)5-4-18-10-20(43)11-22(27(18)21)30-28(36)31-23(13-38-30)29(25-14-37-26-16-44-9-8-42(25)26)39-32(40-31)45-17-33-6-3-7-41(33)15-19(34)12-33/h1,4-5,10-11,13-14,19,43H,3,6-9,12,15-17H2/t19-,33+/m1/s1. The van der Waals surface area contributed by atoms with Crippen LogP contribution in [0.4, 0.5) is 13.2 Å². The molecule has 8 rings (SSSR count). The number of hydrogen-bond acceptors (Lipinski definition) is 8. The molecule has 2 fully saturated rings. The molecule has 0 saturated carbocycles. The van der Waals surface area contributed by atoms with Gasteiger partial charge in [0.15, 0.2) is 5.82 Å². The van der Waals surface area contributed by atoms with E-state index in [2.05, 4.69) is 25.8 Å². The van der Waals surface area contributed by atoms with Gasteiger partial charge in [0.25, 0.3) is 0 Å². The fourth-order valence-electron chi connectivity index (χ4n) is 7.17. The Morgan fingerprint density at radius 1 is 1.13 bits per heavy atom. The van der Waals surface area contributed by atoms with E-state index in [1.165, 1.54) is 30.5 Å². The van der Waals surface area contributed by atoms with Crippen LogP contribution >= 0.6 is 0 Å². The van der Waals surface area contributed by atoms with E-state index in [1.54, 1.807) is 6.20 Å². The Bertz CT molecular complexity index is 2060. The molecule has 1 N–H and O–H groups in total. The average molecular weight is 613 g/mol. The lowest BCUT2D eigenvalue weighted by Crippen LogP contribution is -2.43. The van der Waals surface area contributed by atoms with E-state index < -0.39 is 23.3 Å². The lowest BCUT2D eigenvalue weighted by atomic mass is 9.95. The monoisotopic (exact) mass is 612 g/mol. The van der Waals surface area contributed by atoms with Crippen LogP contribution in [0.2, 0.25) is 0 Å². The summed E-state index contributed by atoms with van der Waals surface area (Å²) in [5.74, 6) is 1.40. The van der Waals surface area contributed by atoms with Crippen LogP contribution in [-0.4, -0.2) is 72.5 Å². The average Bonchev–Trinajstić information content (AvgIpc) is 3.72. The van der Waals surface area contributed by atoms with Gasteiger partial charge >= 0.3 is 6.01 Å². The van der Waals surface area contributed by atoms with Crippen LogP contribution in [-0.2, 0) is 17.9 Å².